The largest absolute Gasteiger partial charge is 0.457 e. The molecule has 1 aromatic rings. The Morgan fingerprint density at radius 1 is 1.04 bits per heavy atom. The molecule has 9 heteroatoms. The first-order chi connectivity index (χ1) is 12.9. The van der Waals surface area contributed by atoms with Crippen LogP contribution >= 0.6 is 0 Å². The van der Waals surface area contributed by atoms with Crippen molar-refractivity contribution in [1.29, 1.82) is 0 Å². The second-order valence-corrected chi connectivity index (χ2v) is 5.14. The summed E-state index contributed by atoms with van der Waals surface area (Å²) in [7, 11) is 0. The molecule has 0 atom stereocenters. The normalized spacial score (nSPS) is 10.5. The number of esters is 2. The van der Waals surface area contributed by atoms with Crippen molar-refractivity contribution in [1.82, 2.24) is 0 Å². The lowest BCUT2D eigenvalue weighted by atomic mass is 10.0. The van der Waals surface area contributed by atoms with Gasteiger partial charge in [-0.15, -0.1) is 0 Å². The molecule has 2 N–H and O–H groups in total. The highest BCUT2D eigenvalue weighted by atomic mass is 17.2. The van der Waals surface area contributed by atoms with E-state index in [0.717, 1.165) is 12.5 Å². The Bertz CT molecular complexity index is 722. The molecule has 0 saturated carbocycles. The third-order valence-electron chi connectivity index (χ3n) is 3.10. The predicted molar refractivity (Wildman–Crippen MR) is 90.7 cm³/mol. The molecule has 0 unspecified atom stereocenters. The van der Waals surface area contributed by atoms with E-state index in [4.69, 9.17) is 9.84 Å². The zero-order chi connectivity index (χ0) is 20.2. The van der Waals surface area contributed by atoms with Crippen LogP contribution in [0.25, 0.3) is 0 Å². The van der Waals surface area contributed by atoms with E-state index in [0.29, 0.717) is 11.1 Å². The van der Waals surface area contributed by atoms with Gasteiger partial charge in [-0.05, 0) is 24.1 Å². The molecule has 0 fully saturated rings. The molecule has 0 aliphatic carbocycles. The monoisotopic (exact) mass is 380 g/mol. The van der Waals surface area contributed by atoms with E-state index in [1.807, 2.05) is 0 Å². The van der Waals surface area contributed by atoms with Crippen LogP contribution in [0.1, 0.15) is 28.4 Å². The number of aliphatic hydroxyl groups is 2. The van der Waals surface area contributed by atoms with Crippen molar-refractivity contribution >= 4 is 17.7 Å². The zero-order valence-electron chi connectivity index (χ0n) is 14.7. The number of rotatable bonds is 11. The third-order valence-corrected chi connectivity index (χ3v) is 3.10. The minimum Gasteiger partial charge on any atom is -0.457 e. The fourth-order valence-electron chi connectivity index (χ4n) is 1.72. The average molecular weight is 380 g/mol. The van der Waals surface area contributed by atoms with Gasteiger partial charge < -0.3 is 24.6 Å². The number of hydrogen-bond donors (Lipinski definition) is 2. The quantitative estimate of drug-likeness (QED) is 0.0842. The van der Waals surface area contributed by atoms with Crippen LogP contribution in [0, 0.1) is 0 Å². The summed E-state index contributed by atoms with van der Waals surface area (Å²) in [6.07, 6.45) is 1.90. The number of aliphatic hydroxyl groups excluding tert-OH is 2. The Hall–Kier alpha value is -3.01. The maximum atomic E-state index is 12.0. The maximum absolute atomic E-state index is 12.0. The first kappa shape index (κ1) is 22.0. The highest BCUT2D eigenvalue weighted by molar-refractivity contribution is 6.40. The van der Waals surface area contributed by atoms with Crippen molar-refractivity contribution in [3.8, 4) is 0 Å². The fraction of sp³-hybridized carbons (Fsp3) is 0.278. The molecule has 27 heavy (non-hydrogen) atoms. The molecule has 0 saturated heterocycles. The smallest absolute Gasteiger partial charge is 0.379 e. The van der Waals surface area contributed by atoms with Crippen LogP contribution in [0.4, 0.5) is 0 Å². The summed E-state index contributed by atoms with van der Waals surface area (Å²) in [6.45, 7) is 3.75. The van der Waals surface area contributed by atoms with E-state index in [9.17, 15) is 19.5 Å². The molecular weight excluding hydrogens is 360 g/mol. The number of carbonyl (C=O) groups is 3. The van der Waals surface area contributed by atoms with Crippen LogP contribution in [0.2, 0.25) is 0 Å². The number of ether oxygens (including phenoxy) is 2. The molecule has 0 spiro atoms. The molecule has 1 aromatic carbocycles. The van der Waals surface area contributed by atoms with Crippen LogP contribution in [-0.2, 0) is 42.1 Å². The van der Waals surface area contributed by atoms with E-state index < -0.39 is 17.7 Å². The van der Waals surface area contributed by atoms with E-state index in [-0.39, 0.29) is 37.6 Å². The van der Waals surface area contributed by atoms with Gasteiger partial charge in [0.1, 0.15) is 19.5 Å². The first-order valence-electron chi connectivity index (χ1n) is 7.75. The molecule has 0 heterocycles. The van der Waals surface area contributed by atoms with Gasteiger partial charge in [-0.2, -0.15) is 4.89 Å². The molecule has 1 rings (SSSR count). The Morgan fingerprint density at radius 2 is 1.74 bits per heavy atom. The highest BCUT2D eigenvalue weighted by Crippen LogP contribution is 2.13. The number of Topliss-reactive ketones (excluding diaryl/α,β-unsaturated/α-hetero) is 1. The molecule has 146 valence electrons. The first-order valence-corrected chi connectivity index (χ1v) is 7.75. The Morgan fingerprint density at radius 3 is 2.37 bits per heavy atom. The lowest BCUT2D eigenvalue weighted by molar-refractivity contribution is -0.255. The van der Waals surface area contributed by atoms with Gasteiger partial charge in [0, 0.05) is 11.1 Å². The minimum absolute atomic E-state index is 0.0284. The average Bonchev–Trinajstić information content (AvgIpc) is 2.68. The van der Waals surface area contributed by atoms with Crippen LogP contribution < -0.4 is 0 Å². The van der Waals surface area contributed by atoms with E-state index >= 15 is 0 Å². The Labute approximate surface area is 155 Å². The fourth-order valence-corrected chi connectivity index (χ4v) is 1.72. The third kappa shape index (κ3) is 7.40. The predicted octanol–water partition coefficient (Wildman–Crippen LogP) is 0.936. The number of carbonyl (C=O) groups excluding carboxylic acids is 3. The molecule has 0 amide bonds. The number of hydrogen-bond acceptors (Lipinski definition) is 9. The van der Waals surface area contributed by atoms with Gasteiger partial charge in [0.25, 0.3) is 5.78 Å². The lowest BCUT2D eigenvalue weighted by Gasteiger charge is -2.07. The lowest BCUT2D eigenvalue weighted by Crippen LogP contribution is -2.20. The van der Waals surface area contributed by atoms with E-state index in [1.165, 1.54) is 25.1 Å². The summed E-state index contributed by atoms with van der Waals surface area (Å²) in [5.41, 5.74) is 1.04. The summed E-state index contributed by atoms with van der Waals surface area (Å²) in [4.78, 5) is 43.9. The maximum Gasteiger partial charge on any atom is 0.379 e. The van der Waals surface area contributed by atoms with Gasteiger partial charge in [-0.3, -0.25) is 4.79 Å². The topological polar surface area (TPSA) is 129 Å². The van der Waals surface area contributed by atoms with Crippen LogP contribution in [-0.4, -0.2) is 41.1 Å². The highest BCUT2D eigenvalue weighted by Gasteiger charge is 2.19. The molecule has 0 aliphatic rings. The van der Waals surface area contributed by atoms with Crippen molar-refractivity contribution in [2.24, 2.45) is 0 Å². The second kappa shape index (κ2) is 11.6. The minimum atomic E-state index is -1.11. The van der Waals surface area contributed by atoms with Crippen LogP contribution in [0.3, 0.4) is 0 Å². The SMILES string of the molecule is C=C(C)C(=O)O/C=C\OOCCOC(=O)C(=O)c1ccc(CO)c(CO)c1. The second-order valence-electron chi connectivity index (χ2n) is 5.14. The van der Waals surface area contributed by atoms with Crippen molar-refractivity contribution in [3.05, 3.63) is 59.6 Å². The Kier molecular flexibility index (Phi) is 9.45. The molecular formula is C18H20O9. The number of benzene rings is 1. The van der Waals surface area contributed by atoms with Crippen LogP contribution in [0.15, 0.2) is 42.9 Å². The summed E-state index contributed by atoms with van der Waals surface area (Å²) in [5, 5.41) is 18.3. The van der Waals surface area contributed by atoms with E-state index in [1.54, 1.807) is 0 Å². The summed E-state index contributed by atoms with van der Waals surface area (Å²) in [6, 6.07) is 4.10. The van der Waals surface area contributed by atoms with Crippen molar-refractivity contribution < 1.29 is 43.8 Å². The van der Waals surface area contributed by atoms with E-state index in [2.05, 4.69) is 21.1 Å². The van der Waals surface area contributed by atoms with Crippen molar-refractivity contribution in [2.45, 2.75) is 20.1 Å². The van der Waals surface area contributed by atoms with Gasteiger partial charge >= 0.3 is 11.9 Å². The van der Waals surface area contributed by atoms with Gasteiger partial charge in [0.05, 0.1) is 13.2 Å². The molecule has 9 nitrogen and oxygen atoms in total. The summed E-state index contributed by atoms with van der Waals surface area (Å²) in [5.74, 6) is -2.63. The van der Waals surface area contributed by atoms with Crippen LogP contribution in [0.5, 0.6) is 0 Å². The van der Waals surface area contributed by atoms with Crippen molar-refractivity contribution in [2.75, 3.05) is 13.2 Å². The zero-order valence-corrected chi connectivity index (χ0v) is 14.7. The van der Waals surface area contributed by atoms with Gasteiger partial charge in [-0.25, -0.2) is 9.59 Å². The molecule has 0 bridgehead atoms. The summed E-state index contributed by atoms with van der Waals surface area (Å²) < 4.78 is 9.31. The van der Waals surface area contributed by atoms with Gasteiger partial charge in [0.15, 0.2) is 6.26 Å². The van der Waals surface area contributed by atoms with Gasteiger partial charge in [0.2, 0.25) is 0 Å². The molecule has 0 aromatic heterocycles. The van der Waals surface area contributed by atoms with Crippen molar-refractivity contribution in [3.63, 3.8) is 0 Å². The molecule has 0 aliphatic heterocycles. The standard InChI is InChI=1S/C18H20O9/c1-12(2)17(22)24-5-7-26-27-8-6-25-18(23)16(21)13-3-4-14(10-19)15(9-13)11-20/h3-5,7,9,19-20H,1,6,8,10-11H2,2H3/b7-5-. The Balaban J connectivity index is 2.34. The molecule has 0 radical (unpaired) electrons. The number of ketones is 1. The van der Waals surface area contributed by atoms with Gasteiger partial charge in [-0.1, -0.05) is 18.7 Å². The summed E-state index contributed by atoms with van der Waals surface area (Å²) >= 11 is 0.